The van der Waals surface area contributed by atoms with Crippen LogP contribution >= 0.6 is 11.3 Å². The van der Waals surface area contributed by atoms with Gasteiger partial charge in [0.25, 0.3) is 0 Å². The second-order valence-electron chi connectivity index (χ2n) is 3.26. The molecular weight excluding hydrogens is 222 g/mol. The minimum atomic E-state index is 0.687. The topological polar surface area (TPSA) is 47.0 Å². The van der Waals surface area contributed by atoms with Gasteiger partial charge in [-0.1, -0.05) is 0 Å². The smallest absolute Gasteiger partial charge is 0.188 e. The molecule has 0 aliphatic heterocycles. The molecule has 5 heteroatoms. The summed E-state index contributed by atoms with van der Waals surface area (Å²) in [5.41, 5.74) is 0.833. The summed E-state index contributed by atoms with van der Waals surface area (Å²) in [5, 5.41) is 2.99. The van der Waals surface area contributed by atoms with Crippen LogP contribution in [0.2, 0.25) is 0 Å². The van der Waals surface area contributed by atoms with E-state index in [1.54, 1.807) is 24.8 Å². The van der Waals surface area contributed by atoms with Crippen LogP contribution in [0, 0.1) is 6.92 Å². The van der Waals surface area contributed by atoms with Gasteiger partial charge >= 0.3 is 0 Å². The fourth-order valence-corrected chi connectivity index (χ4v) is 2.34. The largest absolute Gasteiger partial charge is 0.491 e. The van der Waals surface area contributed by atoms with E-state index >= 15 is 0 Å². The summed E-state index contributed by atoms with van der Waals surface area (Å²) in [6.07, 6.45) is 1.54. The molecular formula is C11H13N3OS. The molecule has 0 saturated heterocycles. The first-order valence-corrected chi connectivity index (χ1v) is 5.71. The van der Waals surface area contributed by atoms with Crippen molar-refractivity contribution >= 4 is 17.2 Å². The molecule has 2 rings (SSSR count). The van der Waals surface area contributed by atoms with Gasteiger partial charge in [0.1, 0.15) is 12.0 Å². The number of thiophene rings is 1. The van der Waals surface area contributed by atoms with Gasteiger partial charge in [0.15, 0.2) is 11.6 Å². The van der Waals surface area contributed by atoms with E-state index in [0.717, 1.165) is 10.6 Å². The lowest BCUT2D eigenvalue weighted by Crippen LogP contribution is -1.99. The number of methoxy groups -OCH3 is 1. The van der Waals surface area contributed by atoms with Crippen LogP contribution in [0.4, 0.5) is 5.82 Å². The molecule has 2 aromatic heterocycles. The molecule has 2 heterocycles. The first-order valence-electron chi connectivity index (χ1n) is 4.89. The Balaban J connectivity index is 2.56. The van der Waals surface area contributed by atoms with E-state index in [0.29, 0.717) is 11.6 Å². The number of hydrogen-bond acceptors (Lipinski definition) is 5. The number of aromatic nitrogens is 2. The molecule has 0 saturated carbocycles. The first-order chi connectivity index (χ1) is 7.76. The maximum Gasteiger partial charge on any atom is 0.188 e. The molecule has 0 bridgehead atoms. The van der Waals surface area contributed by atoms with Crippen LogP contribution in [0.25, 0.3) is 10.6 Å². The van der Waals surface area contributed by atoms with Crippen molar-refractivity contribution < 1.29 is 4.74 Å². The van der Waals surface area contributed by atoms with Crippen molar-refractivity contribution in [3.63, 3.8) is 0 Å². The summed E-state index contributed by atoms with van der Waals surface area (Å²) >= 11 is 1.69. The van der Waals surface area contributed by atoms with E-state index < -0.39 is 0 Å². The molecule has 84 valence electrons. The minimum Gasteiger partial charge on any atom is -0.491 e. The SMILES string of the molecule is CNc1ncnc(-c2ccc(C)s2)c1OC. The van der Waals surface area contributed by atoms with Crippen molar-refractivity contribution in [2.24, 2.45) is 0 Å². The molecule has 0 atom stereocenters. The Hall–Kier alpha value is -1.62. The Morgan fingerprint density at radius 1 is 1.31 bits per heavy atom. The highest BCUT2D eigenvalue weighted by Gasteiger charge is 2.13. The van der Waals surface area contributed by atoms with Gasteiger partial charge in [-0.2, -0.15) is 0 Å². The highest BCUT2D eigenvalue weighted by atomic mass is 32.1. The van der Waals surface area contributed by atoms with Gasteiger partial charge in [0, 0.05) is 11.9 Å². The second-order valence-corrected chi connectivity index (χ2v) is 4.55. The summed E-state index contributed by atoms with van der Waals surface area (Å²) in [4.78, 5) is 10.7. The molecule has 0 aromatic carbocycles. The molecule has 1 N–H and O–H groups in total. The zero-order valence-electron chi connectivity index (χ0n) is 9.44. The van der Waals surface area contributed by atoms with Crippen LogP contribution in [0.3, 0.4) is 0 Å². The standard InChI is InChI=1S/C11H13N3OS/c1-7-4-5-8(16-7)9-10(15-3)11(12-2)14-6-13-9/h4-6H,1-3H3,(H,12,13,14). The number of ether oxygens (including phenoxy) is 1. The van der Waals surface area contributed by atoms with E-state index in [4.69, 9.17) is 4.74 Å². The number of aryl methyl sites for hydroxylation is 1. The zero-order valence-corrected chi connectivity index (χ0v) is 10.3. The van der Waals surface area contributed by atoms with Gasteiger partial charge in [-0.3, -0.25) is 0 Å². The molecule has 16 heavy (non-hydrogen) atoms. The number of hydrogen-bond donors (Lipinski definition) is 1. The quantitative estimate of drug-likeness (QED) is 0.888. The number of rotatable bonds is 3. The van der Waals surface area contributed by atoms with Crippen LogP contribution in [-0.4, -0.2) is 24.1 Å². The van der Waals surface area contributed by atoms with Crippen molar-refractivity contribution in [2.45, 2.75) is 6.92 Å². The maximum atomic E-state index is 5.35. The Morgan fingerprint density at radius 2 is 2.12 bits per heavy atom. The zero-order chi connectivity index (χ0) is 11.5. The van der Waals surface area contributed by atoms with E-state index in [9.17, 15) is 0 Å². The average Bonchev–Trinajstić information content (AvgIpc) is 2.74. The Morgan fingerprint density at radius 3 is 2.69 bits per heavy atom. The van der Waals surface area contributed by atoms with Gasteiger partial charge in [0.2, 0.25) is 0 Å². The normalized spacial score (nSPS) is 10.2. The fourth-order valence-electron chi connectivity index (χ4n) is 1.48. The molecule has 0 radical (unpaired) electrons. The van der Waals surface area contributed by atoms with Gasteiger partial charge in [-0.25, -0.2) is 9.97 Å². The van der Waals surface area contributed by atoms with E-state index in [2.05, 4.69) is 28.3 Å². The predicted octanol–water partition coefficient (Wildman–Crippen LogP) is 2.56. The third-order valence-corrected chi connectivity index (χ3v) is 3.23. The van der Waals surface area contributed by atoms with E-state index in [-0.39, 0.29) is 0 Å². The van der Waals surface area contributed by atoms with Crippen molar-refractivity contribution in [2.75, 3.05) is 19.5 Å². The van der Waals surface area contributed by atoms with Crippen molar-refractivity contribution in [3.05, 3.63) is 23.3 Å². The number of nitrogens with zero attached hydrogens (tertiary/aromatic N) is 2. The molecule has 4 nitrogen and oxygen atoms in total. The van der Waals surface area contributed by atoms with E-state index in [1.165, 1.54) is 4.88 Å². The van der Waals surface area contributed by atoms with Gasteiger partial charge in [0.05, 0.1) is 12.0 Å². The molecule has 0 aliphatic rings. The first kappa shape index (κ1) is 10.9. The van der Waals surface area contributed by atoms with Crippen molar-refractivity contribution in [3.8, 4) is 16.3 Å². The predicted molar refractivity (Wildman–Crippen MR) is 66.2 cm³/mol. The molecule has 0 spiro atoms. The monoisotopic (exact) mass is 235 g/mol. The maximum absolute atomic E-state index is 5.35. The summed E-state index contributed by atoms with van der Waals surface area (Å²) in [6, 6.07) is 4.12. The Kier molecular flexibility index (Phi) is 3.05. The molecule has 2 aromatic rings. The molecule has 0 amide bonds. The van der Waals surface area contributed by atoms with E-state index in [1.807, 2.05) is 13.1 Å². The second kappa shape index (κ2) is 4.49. The number of nitrogens with one attached hydrogen (secondary N) is 1. The summed E-state index contributed by atoms with van der Waals surface area (Å²) in [5.74, 6) is 1.39. The molecule has 0 unspecified atom stereocenters. The van der Waals surface area contributed by atoms with Crippen LogP contribution in [0.15, 0.2) is 18.5 Å². The van der Waals surface area contributed by atoms with Crippen LogP contribution in [-0.2, 0) is 0 Å². The van der Waals surface area contributed by atoms with Gasteiger partial charge in [-0.05, 0) is 19.1 Å². The molecule has 0 aliphatic carbocycles. The number of anilines is 1. The van der Waals surface area contributed by atoms with Crippen LogP contribution < -0.4 is 10.1 Å². The lowest BCUT2D eigenvalue weighted by molar-refractivity contribution is 0.415. The lowest BCUT2D eigenvalue weighted by Gasteiger charge is -2.09. The average molecular weight is 235 g/mol. The van der Waals surface area contributed by atoms with Gasteiger partial charge in [-0.15, -0.1) is 11.3 Å². The Bertz CT molecular complexity index is 496. The highest BCUT2D eigenvalue weighted by molar-refractivity contribution is 7.15. The summed E-state index contributed by atoms with van der Waals surface area (Å²) < 4.78 is 5.35. The minimum absolute atomic E-state index is 0.687. The Labute approximate surface area is 98.3 Å². The third-order valence-electron chi connectivity index (χ3n) is 2.22. The fraction of sp³-hybridized carbons (Fsp3) is 0.273. The summed E-state index contributed by atoms with van der Waals surface area (Å²) in [6.45, 7) is 2.07. The van der Waals surface area contributed by atoms with Crippen LogP contribution in [0.1, 0.15) is 4.88 Å². The summed E-state index contributed by atoms with van der Waals surface area (Å²) in [7, 11) is 3.44. The van der Waals surface area contributed by atoms with Gasteiger partial charge < -0.3 is 10.1 Å². The highest BCUT2D eigenvalue weighted by Crippen LogP contribution is 2.36. The van der Waals surface area contributed by atoms with Crippen LogP contribution in [0.5, 0.6) is 5.75 Å². The van der Waals surface area contributed by atoms with Crippen molar-refractivity contribution in [1.29, 1.82) is 0 Å². The third kappa shape index (κ3) is 1.86. The lowest BCUT2D eigenvalue weighted by atomic mass is 10.3. The molecule has 0 fully saturated rings. The van der Waals surface area contributed by atoms with Crippen molar-refractivity contribution in [1.82, 2.24) is 9.97 Å².